The Morgan fingerprint density at radius 1 is 1.04 bits per heavy atom. The second-order valence-electron chi connectivity index (χ2n) is 5.29. The fourth-order valence-corrected chi connectivity index (χ4v) is 2.52. The van der Waals surface area contributed by atoms with Gasteiger partial charge in [-0.05, 0) is 5.56 Å². The average Bonchev–Trinajstić information content (AvgIpc) is 2.64. The van der Waals surface area contributed by atoms with Crippen molar-refractivity contribution in [1.29, 1.82) is 0 Å². The van der Waals surface area contributed by atoms with E-state index in [2.05, 4.69) is 0 Å². The van der Waals surface area contributed by atoms with E-state index in [9.17, 15) is 25.0 Å². The van der Waals surface area contributed by atoms with E-state index in [-0.39, 0.29) is 11.3 Å². The Hall–Kier alpha value is -2.62. The van der Waals surface area contributed by atoms with Crippen LogP contribution < -0.4 is 4.74 Å². The minimum Gasteiger partial charge on any atom is -0.496 e. The molecule has 2 aromatic rings. The number of rotatable bonds is 6. The van der Waals surface area contributed by atoms with Crippen LogP contribution in [0.15, 0.2) is 42.5 Å². The first-order chi connectivity index (χ1) is 13.1. The van der Waals surface area contributed by atoms with Gasteiger partial charge in [-0.1, -0.05) is 65.1 Å². The van der Waals surface area contributed by atoms with E-state index in [4.69, 9.17) is 44.3 Å². The molecular weight excluding hydrogens is 439 g/mol. The van der Waals surface area contributed by atoms with Crippen LogP contribution in [0.2, 0.25) is 0 Å². The molecule has 0 amide bonds. The lowest BCUT2D eigenvalue weighted by Gasteiger charge is -2.21. The molecule has 0 aliphatic carbocycles. The molecule has 0 aliphatic rings. The SMILES string of the molecule is COc1cc([N+](=O)[O-])c(C(OC(=O)C(Cl)(Cl)Cl)c2ccccc2)c([N+](=O)[O-])c1. The zero-order valence-electron chi connectivity index (χ0n) is 14.0. The summed E-state index contributed by atoms with van der Waals surface area (Å²) in [5.41, 5.74) is -1.69. The molecule has 0 radical (unpaired) electrons. The maximum atomic E-state index is 12.1. The number of nitrogens with zero attached hydrogens (tertiary/aromatic N) is 2. The number of carbonyl (C=O) groups is 1. The van der Waals surface area contributed by atoms with E-state index in [1.807, 2.05) is 0 Å². The molecule has 0 saturated heterocycles. The number of hydrogen-bond donors (Lipinski definition) is 0. The number of halogens is 3. The van der Waals surface area contributed by atoms with Crippen molar-refractivity contribution in [3.05, 3.63) is 73.8 Å². The Morgan fingerprint density at radius 2 is 1.54 bits per heavy atom. The van der Waals surface area contributed by atoms with E-state index < -0.39 is 42.7 Å². The number of hydrogen-bond acceptors (Lipinski definition) is 7. The van der Waals surface area contributed by atoms with Gasteiger partial charge in [0.05, 0.1) is 29.1 Å². The molecule has 1 unspecified atom stereocenters. The van der Waals surface area contributed by atoms with Crippen LogP contribution in [0, 0.1) is 20.2 Å². The molecule has 0 saturated carbocycles. The third kappa shape index (κ3) is 4.80. The number of alkyl halides is 3. The highest BCUT2D eigenvalue weighted by Crippen LogP contribution is 2.43. The molecule has 9 nitrogen and oxygen atoms in total. The average molecular weight is 450 g/mol. The third-order valence-corrected chi connectivity index (χ3v) is 4.02. The zero-order chi connectivity index (χ0) is 21.1. The summed E-state index contributed by atoms with van der Waals surface area (Å²) < 4.78 is 7.55. The van der Waals surface area contributed by atoms with Gasteiger partial charge in [0.1, 0.15) is 5.75 Å². The first-order valence-electron chi connectivity index (χ1n) is 7.39. The van der Waals surface area contributed by atoms with Crippen LogP contribution in [0.1, 0.15) is 17.2 Å². The van der Waals surface area contributed by atoms with Crippen molar-refractivity contribution in [2.24, 2.45) is 0 Å². The molecule has 0 bridgehead atoms. The number of methoxy groups -OCH3 is 1. The van der Waals surface area contributed by atoms with Gasteiger partial charge in [-0.25, -0.2) is 4.79 Å². The lowest BCUT2D eigenvalue weighted by Crippen LogP contribution is -2.25. The number of ether oxygens (including phenoxy) is 2. The van der Waals surface area contributed by atoms with E-state index in [0.717, 1.165) is 12.1 Å². The lowest BCUT2D eigenvalue weighted by atomic mass is 9.97. The molecule has 0 fully saturated rings. The van der Waals surface area contributed by atoms with E-state index in [1.54, 1.807) is 18.2 Å². The molecule has 0 aromatic heterocycles. The molecule has 1 atom stereocenters. The quantitative estimate of drug-likeness (QED) is 0.275. The Labute approximate surface area is 173 Å². The summed E-state index contributed by atoms with van der Waals surface area (Å²) in [6.45, 7) is 0. The largest absolute Gasteiger partial charge is 0.496 e. The predicted molar refractivity (Wildman–Crippen MR) is 101 cm³/mol. The molecule has 28 heavy (non-hydrogen) atoms. The molecule has 0 heterocycles. The molecular formula is C16H11Cl3N2O7. The van der Waals surface area contributed by atoms with Gasteiger partial charge in [0, 0.05) is 0 Å². The standard InChI is InChI=1S/C16H11Cl3N2O7/c1-27-10-7-11(20(23)24)13(12(8-10)21(25)26)14(9-5-3-2-4-6-9)28-15(22)16(17,18)19/h2-8,14H,1H3. The second-order valence-corrected chi connectivity index (χ2v) is 7.57. The maximum absolute atomic E-state index is 12.1. The van der Waals surface area contributed by atoms with Crippen LogP contribution >= 0.6 is 34.8 Å². The van der Waals surface area contributed by atoms with Gasteiger partial charge in [0.25, 0.3) is 15.2 Å². The fraction of sp³-hybridized carbons (Fsp3) is 0.188. The van der Waals surface area contributed by atoms with Gasteiger partial charge in [-0.3, -0.25) is 20.2 Å². The Kier molecular flexibility index (Phi) is 6.65. The van der Waals surface area contributed by atoms with E-state index >= 15 is 0 Å². The van der Waals surface area contributed by atoms with Gasteiger partial charge >= 0.3 is 5.97 Å². The topological polar surface area (TPSA) is 122 Å². The van der Waals surface area contributed by atoms with Crippen molar-refractivity contribution in [3.8, 4) is 5.75 Å². The van der Waals surface area contributed by atoms with Crippen LogP contribution in [0.25, 0.3) is 0 Å². The number of nitro groups is 2. The molecule has 0 spiro atoms. The molecule has 0 aliphatic heterocycles. The van der Waals surface area contributed by atoms with Crippen LogP contribution in [-0.2, 0) is 9.53 Å². The summed E-state index contributed by atoms with van der Waals surface area (Å²) in [6.07, 6.45) is -1.59. The minimum absolute atomic E-state index is 0.123. The summed E-state index contributed by atoms with van der Waals surface area (Å²) in [5, 5.41) is 23.2. The molecule has 148 valence electrons. The summed E-state index contributed by atoms with van der Waals surface area (Å²) in [6, 6.07) is 9.58. The number of benzene rings is 2. The highest BCUT2D eigenvalue weighted by atomic mass is 35.6. The normalized spacial score (nSPS) is 12.1. The smallest absolute Gasteiger partial charge is 0.359 e. The van der Waals surface area contributed by atoms with Crippen molar-refractivity contribution in [1.82, 2.24) is 0 Å². The minimum atomic E-state index is -2.50. The number of nitro benzene ring substituents is 2. The predicted octanol–water partition coefficient (Wildman–Crippen LogP) is 4.51. The van der Waals surface area contributed by atoms with Gasteiger partial charge in [-0.15, -0.1) is 0 Å². The van der Waals surface area contributed by atoms with Crippen molar-refractivity contribution in [2.75, 3.05) is 7.11 Å². The maximum Gasteiger partial charge on any atom is 0.359 e. The zero-order valence-corrected chi connectivity index (χ0v) is 16.3. The van der Waals surface area contributed by atoms with Gasteiger partial charge in [0.2, 0.25) is 0 Å². The Morgan fingerprint density at radius 3 is 1.93 bits per heavy atom. The van der Waals surface area contributed by atoms with Gasteiger partial charge in [-0.2, -0.15) is 0 Å². The first kappa shape index (κ1) is 21.7. The number of esters is 1. The molecule has 2 rings (SSSR count). The number of carbonyl (C=O) groups excluding carboxylic acids is 1. The van der Waals surface area contributed by atoms with Crippen molar-refractivity contribution in [3.63, 3.8) is 0 Å². The van der Waals surface area contributed by atoms with Crippen LogP contribution in [0.3, 0.4) is 0 Å². The summed E-state index contributed by atoms with van der Waals surface area (Å²) in [7, 11) is 1.19. The van der Waals surface area contributed by atoms with Crippen molar-refractivity contribution in [2.45, 2.75) is 9.90 Å². The van der Waals surface area contributed by atoms with Crippen molar-refractivity contribution >= 4 is 52.1 Å². The van der Waals surface area contributed by atoms with Crippen molar-refractivity contribution < 1.29 is 24.1 Å². The summed E-state index contributed by atoms with van der Waals surface area (Å²) in [5.74, 6) is -1.48. The summed E-state index contributed by atoms with van der Waals surface area (Å²) in [4.78, 5) is 33.6. The molecule has 12 heteroatoms. The van der Waals surface area contributed by atoms with Gasteiger partial charge in [0.15, 0.2) is 11.7 Å². The lowest BCUT2D eigenvalue weighted by molar-refractivity contribution is -0.396. The second kappa shape index (κ2) is 8.59. The van der Waals surface area contributed by atoms with E-state index in [0.29, 0.717) is 0 Å². The van der Waals surface area contributed by atoms with Gasteiger partial charge < -0.3 is 9.47 Å². The van der Waals surface area contributed by atoms with E-state index in [1.165, 1.54) is 19.2 Å². The molecule has 2 aromatic carbocycles. The highest BCUT2D eigenvalue weighted by molar-refractivity contribution is 6.75. The highest BCUT2D eigenvalue weighted by Gasteiger charge is 2.40. The first-order valence-corrected chi connectivity index (χ1v) is 8.53. The summed E-state index contributed by atoms with van der Waals surface area (Å²) >= 11 is 16.6. The van der Waals surface area contributed by atoms with Crippen LogP contribution in [0.4, 0.5) is 11.4 Å². The third-order valence-electron chi connectivity index (χ3n) is 3.56. The Balaban J connectivity index is 2.79. The Bertz CT molecular complexity index is 881. The fourth-order valence-electron chi connectivity index (χ4n) is 2.38. The molecule has 0 N–H and O–H groups in total. The van der Waals surface area contributed by atoms with Crippen LogP contribution in [0.5, 0.6) is 5.75 Å². The monoisotopic (exact) mass is 448 g/mol. The van der Waals surface area contributed by atoms with Crippen LogP contribution in [-0.4, -0.2) is 26.7 Å².